The van der Waals surface area contributed by atoms with Crippen LogP contribution in [0, 0.1) is 11.8 Å². The molecule has 0 amide bonds. The molecule has 0 aromatic heterocycles. The highest BCUT2D eigenvalue weighted by Gasteiger charge is 2.37. The Hall–Kier alpha value is -0.0400. The SMILES string of the molecule is CCC(CC)CC1CCCC1(C)O. The number of hydrogen-bond acceptors (Lipinski definition) is 1. The van der Waals surface area contributed by atoms with Crippen molar-refractivity contribution in [2.75, 3.05) is 0 Å². The van der Waals surface area contributed by atoms with E-state index in [1.165, 1.54) is 32.1 Å². The van der Waals surface area contributed by atoms with Crippen molar-refractivity contribution >= 4 is 0 Å². The third-order valence-corrected chi connectivity index (χ3v) is 3.89. The van der Waals surface area contributed by atoms with Gasteiger partial charge in [-0.1, -0.05) is 33.1 Å². The van der Waals surface area contributed by atoms with Crippen LogP contribution in [0.25, 0.3) is 0 Å². The molecule has 1 saturated carbocycles. The third kappa shape index (κ3) is 2.70. The maximum atomic E-state index is 10.1. The molecule has 78 valence electrons. The van der Waals surface area contributed by atoms with Gasteiger partial charge in [-0.3, -0.25) is 0 Å². The van der Waals surface area contributed by atoms with Crippen molar-refractivity contribution in [2.24, 2.45) is 11.8 Å². The van der Waals surface area contributed by atoms with E-state index in [9.17, 15) is 5.11 Å². The lowest BCUT2D eigenvalue weighted by atomic mass is 9.83. The van der Waals surface area contributed by atoms with E-state index in [4.69, 9.17) is 0 Å². The van der Waals surface area contributed by atoms with Crippen LogP contribution in [0.15, 0.2) is 0 Å². The first kappa shape index (κ1) is 11.0. The molecule has 1 N–H and O–H groups in total. The van der Waals surface area contributed by atoms with E-state index in [1.807, 2.05) is 6.92 Å². The normalized spacial score (nSPS) is 34.4. The van der Waals surface area contributed by atoms with Crippen LogP contribution in [0.2, 0.25) is 0 Å². The summed E-state index contributed by atoms with van der Waals surface area (Å²) in [6.45, 7) is 6.54. The first-order valence-corrected chi connectivity index (χ1v) is 5.82. The van der Waals surface area contributed by atoms with E-state index in [0.29, 0.717) is 5.92 Å². The molecule has 1 fully saturated rings. The largest absolute Gasteiger partial charge is 0.390 e. The minimum Gasteiger partial charge on any atom is -0.390 e. The molecule has 0 aromatic rings. The lowest BCUT2D eigenvalue weighted by Gasteiger charge is -2.28. The molecule has 1 aliphatic carbocycles. The van der Waals surface area contributed by atoms with Crippen LogP contribution in [0.5, 0.6) is 0 Å². The van der Waals surface area contributed by atoms with E-state index in [-0.39, 0.29) is 5.60 Å². The highest BCUT2D eigenvalue weighted by Crippen LogP contribution is 2.40. The van der Waals surface area contributed by atoms with Gasteiger partial charge in [-0.15, -0.1) is 0 Å². The molecule has 1 nitrogen and oxygen atoms in total. The van der Waals surface area contributed by atoms with Crippen LogP contribution in [0.1, 0.15) is 59.3 Å². The highest BCUT2D eigenvalue weighted by molar-refractivity contribution is 4.89. The summed E-state index contributed by atoms with van der Waals surface area (Å²) < 4.78 is 0. The third-order valence-electron chi connectivity index (χ3n) is 3.89. The standard InChI is InChI=1S/C12H24O/c1-4-10(5-2)9-11-7-6-8-12(11,3)13/h10-11,13H,4-9H2,1-3H3. The molecule has 0 heterocycles. The van der Waals surface area contributed by atoms with Gasteiger partial charge in [0, 0.05) is 0 Å². The molecule has 0 bridgehead atoms. The molecular formula is C12H24O. The summed E-state index contributed by atoms with van der Waals surface area (Å²) in [6, 6.07) is 0. The van der Waals surface area contributed by atoms with Crippen molar-refractivity contribution in [1.82, 2.24) is 0 Å². The number of aliphatic hydroxyl groups is 1. The van der Waals surface area contributed by atoms with Gasteiger partial charge in [-0.05, 0) is 38.0 Å². The van der Waals surface area contributed by atoms with Gasteiger partial charge < -0.3 is 5.11 Å². The predicted octanol–water partition coefficient (Wildman–Crippen LogP) is 3.36. The van der Waals surface area contributed by atoms with E-state index in [1.54, 1.807) is 0 Å². The Bertz CT molecular complexity index is 147. The van der Waals surface area contributed by atoms with Crippen LogP contribution in [0.3, 0.4) is 0 Å². The summed E-state index contributed by atoms with van der Waals surface area (Å²) in [5.41, 5.74) is -0.359. The molecule has 0 saturated heterocycles. The zero-order chi connectivity index (χ0) is 9.90. The molecule has 2 atom stereocenters. The fraction of sp³-hybridized carbons (Fsp3) is 1.00. The smallest absolute Gasteiger partial charge is 0.0647 e. The second kappa shape index (κ2) is 4.45. The molecule has 0 aromatic carbocycles. The van der Waals surface area contributed by atoms with Crippen molar-refractivity contribution in [2.45, 2.75) is 64.9 Å². The lowest BCUT2D eigenvalue weighted by molar-refractivity contribution is 0.0110. The maximum Gasteiger partial charge on any atom is 0.0647 e. The van der Waals surface area contributed by atoms with E-state index < -0.39 is 0 Å². The maximum absolute atomic E-state index is 10.1. The summed E-state index contributed by atoms with van der Waals surface area (Å²) in [5, 5.41) is 10.1. The van der Waals surface area contributed by atoms with Crippen LogP contribution in [-0.4, -0.2) is 10.7 Å². The van der Waals surface area contributed by atoms with Crippen molar-refractivity contribution < 1.29 is 5.11 Å². The molecule has 13 heavy (non-hydrogen) atoms. The number of rotatable bonds is 4. The van der Waals surface area contributed by atoms with Gasteiger partial charge in [0.25, 0.3) is 0 Å². The highest BCUT2D eigenvalue weighted by atomic mass is 16.3. The Morgan fingerprint density at radius 1 is 1.38 bits per heavy atom. The fourth-order valence-electron chi connectivity index (χ4n) is 2.62. The molecule has 0 aliphatic heterocycles. The zero-order valence-electron chi connectivity index (χ0n) is 9.34. The fourth-order valence-corrected chi connectivity index (χ4v) is 2.62. The topological polar surface area (TPSA) is 20.2 Å². The summed E-state index contributed by atoms with van der Waals surface area (Å²) in [6.07, 6.45) is 7.24. The van der Waals surface area contributed by atoms with Crippen molar-refractivity contribution in [3.8, 4) is 0 Å². The second-order valence-corrected chi connectivity index (χ2v) is 4.86. The van der Waals surface area contributed by atoms with Gasteiger partial charge in [0.2, 0.25) is 0 Å². The average molecular weight is 184 g/mol. The van der Waals surface area contributed by atoms with Gasteiger partial charge in [-0.25, -0.2) is 0 Å². The van der Waals surface area contributed by atoms with Crippen molar-refractivity contribution in [3.05, 3.63) is 0 Å². The average Bonchev–Trinajstić information content (AvgIpc) is 2.41. The molecular weight excluding hydrogens is 160 g/mol. The second-order valence-electron chi connectivity index (χ2n) is 4.86. The molecule has 2 unspecified atom stereocenters. The Morgan fingerprint density at radius 2 is 2.00 bits per heavy atom. The molecule has 0 spiro atoms. The lowest BCUT2D eigenvalue weighted by Crippen LogP contribution is -2.30. The van der Waals surface area contributed by atoms with Gasteiger partial charge in [-0.2, -0.15) is 0 Å². The Kier molecular flexibility index (Phi) is 3.78. The van der Waals surface area contributed by atoms with Gasteiger partial charge >= 0.3 is 0 Å². The summed E-state index contributed by atoms with van der Waals surface area (Å²) in [7, 11) is 0. The quantitative estimate of drug-likeness (QED) is 0.710. The van der Waals surface area contributed by atoms with Crippen LogP contribution < -0.4 is 0 Å². The summed E-state index contributed by atoms with van der Waals surface area (Å²) in [5.74, 6) is 1.40. The van der Waals surface area contributed by atoms with E-state index in [2.05, 4.69) is 13.8 Å². The van der Waals surface area contributed by atoms with Gasteiger partial charge in [0.05, 0.1) is 5.60 Å². The van der Waals surface area contributed by atoms with Crippen LogP contribution >= 0.6 is 0 Å². The minimum absolute atomic E-state index is 0.359. The van der Waals surface area contributed by atoms with Crippen molar-refractivity contribution in [1.29, 1.82) is 0 Å². The molecule has 0 radical (unpaired) electrons. The Balaban J connectivity index is 2.43. The minimum atomic E-state index is -0.359. The van der Waals surface area contributed by atoms with Gasteiger partial charge in [0.1, 0.15) is 0 Å². The molecule has 1 rings (SSSR count). The Morgan fingerprint density at radius 3 is 2.38 bits per heavy atom. The van der Waals surface area contributed by atoms with Crippen LogP contribution in [-0.2, 0) is 0 Å². The predicted molar refractivity (Wildman–Crippen MR) is 56.7 cm³/mol. The monoisotopic (exact) mass is 184 g/mol. The summed E-state index contributed by atoms with van der Waals surface area (Å²) in [4.78, 5) is 0. The van der Waals surface area contributed by atoms with E-state index in [0.717, 1.165) is 12.3 Å². The Labute approximate surface area is 82.5 Å². The summed E-state index contributed by atoms with van der Waals surface area (Å²) >= 11 is 0. The van der Waals surface area contributed by atoms with Crippen LogP contribution in [0.4, 0.5) is 0 Å². The first-order valence-electron chi connectivity index (χ1n) is 5.82. The number of hydrogen-bond donors (Lipinski definition) is 1. The molecule has 1 aliphatic rings. The van der Waals surface area contributed by atoms with Crippen molar-refractivity contribution in [3.63, 3.8) is 0 Å². The molecule has 1 heteroatoms. The van der Waals surface area contributed by atoms with E-state index >= 15 is 0 Å². The first-order chi connectivity index (χ1) is 6.10. The zero-order valence-corrected chi connectivity index (χ0v) is 9.34. The van der Waals surface area contributed by atoms with Gasteiger partial charge in [0.15, 0.2) is 0 Å².